The first-order chi connectivity index (χ1) is 14.3. The summed E-state index contributed by atoms with van der Waals surface area (Å²) in [5.41, 5.74) is 1.08. The largest absolute Gasteiger partial charge is 0.495 e. The number of piperidine rings is 1. The van der Waals surface area contributed by atoms with Gasteiger partial charge in [0.05, 0.1) is 29.1 Å². The van der Waals surface area contributed by atoms with Gasteiger partial charge in [0, 0.05) is 25.2 Å². The van der Waals surface area contributed by atoms with E-state index in [4.69, 9.17) is 4.74 Å². The maximum Gasteiger partial charge on any atom is 0.326 e. The van der Waals surface area contributed by atoms with Crippen LogP contribution in [0.4, 0.5) is 5.69 Å². The van der Waals surface area contributed by atoms with Crippen molar-refractivity contribution >= 4 is 26.7 Å². The Morgan fingerprint density at radius 3 is 2.53 bits per heavy atom. The molecule has 30 heavy (non-hydrogen) atoms. The van der Waals surface area contributed by atoms with Crippen LogP contribution >= 0.6 is 0 Å². The molecule has 1 aliphatic heterocycles. The number of nitrogens with one attached hydrogen (secondary N) is 1. The number of aromatic amines is 1. The van der Waals surface area contributed by atoms with Crippen molar-refractivity contribution in [3.63, 3.8) is 0 Å². The van der Waals surface area contributed by atoms with E-state index in [9.17, 15) is 23.3 Å². The highest BCUT2D eigenvalue weighted by atomic mass is 32.2. The zero-order valence-electron chi connectivity index (χ0n) is 16.1. The van der Waals surface area contributed by atoms with Crippen LogP contribution in [-0.4, -0.2) is 47.4 Å². The molecular formula is C19H20N4O6S. The van der Waals surface area contributed by atoms with E-state index in [0.29, 0.717) is 12.8 Å². The van der Waals surface area contributed by atoms with Crippen molar-refractivity contribution in [1.29, 1.82) is 0 Å². The van der Waals surface area contributed by atoms with Crippen molar-refractivity contribution in [2.24, 2.45) is 0 Å². The van der Waals surface area contributed by atoms with Gasteiger partial charge in [-0.2, -0.15) is 4.31 Å². The topological polar surface area (TPSA) is 128 Å². The van der Waals surface area contributed by atoms with Crippen molar-refractivity contribution in [2.75, 3.05) is 20.2 Å². The van der Waals surface area contributed by atoms with E-state index in [0.717, 1.165) is 23.2 Å². The number of non-ortho nitro benzene ring substituents is 1. The lowest BCUT2D eigenvalue weighted by atomic mass is 10.1. The molecule has 0 spiro atoms. The summed E-state index contributed by atoms with van der Waals surface area (Å²) >= 11 is 0. The summed E-state index contributed by atoms with van der Waals surface area (Å²) in [4.78, 5) is 25.5. The maximum absolute atomic E-state index is 13.1. The number of H-pyrrole nitrogens is 1. The number of methoxy groups -OCH3 is 1. The third-order valence-electron chi connectivity index (χ3n) is 5.39. The first-order valence-electron chi connectivity index (χ1n) is 9.35. The Bertz CT molecular complexity index is 1270. The van der Waals surface area contributed by atoms with Crippen LogP contribution in [0, 0.1) is 10.1 Å². The van der Waals surface area contributed by atoms with E-state index in [1.807, 2.05) is 24.3 Å². The van der Waals surface area contributed by atoms with Gasteiger partial charge in [-0.25, -0.2) is 13.2 Å². The molecule has 0 saturated carbocycles. The number of nitrogens with zero attached hydrogens (tertiary/aromatic N) is 3. The molecule has 0 unspecified atom stereocenters. The van der Waals surface area contributed by atoms with E-state index in [-0.39, 0.29) is 41.2 Å². The third-order valence-corrected chi connectivity index (χ3v) is 7.33. The number of aromatic nitrogens is 2. The molecule has 10 nitrogen and oxygen atoms in total. The summed E-state index contributed by atoms with van der Waals surface area (Å²) < 4.78 is 34.4. The van der Waals surface area contributed by atoms with Crippen molar-refractivity contribution in [1.82, 2.24) is 13.9 Å². The number of nitro benzene ring substituents is 1. The second kappa shape index (κ2) is 7.58. The van der Waals surface area contributed by atoms with Crippen molar-refractivity contribution < 1.29 is 18.1 Å². The number of benzene rings is 2. The Kier molecular flexibility index (Phi) is 5.08. The Balaban J connectivity index is 1.58. The van der Waals surface area contributed by atoms with Gasteiger partial charge in [0.15, 0.2) is 0 Å². The highest BCUT2D eigenvalue weighted by Gasteiger charge is 2.33. The fraction of sp³-hybridized carbons (Fsp3) is 0.316. The molecule has 158 valence electrons. The lowest BCUT2D eigenvalue weighted by molar-refractivity contribution is -0.385. The molecule has 2 heterocycles. The van der Waals surface area contributed by atoms with Gasteiger partial charge in [-0.15, -0.1) is 0 Å². The molecule has 1 aliphatic rings. The lowest BCUT2D eigenvalue weighted by Gasteiger charge is -2.32. The summed E-state index contributed by atoms with van der Waals surface area (Å²) in [7, 11) is -2.63. The van der Waals surface area contributed by atoms with Crippen LogP contribution in [0.3, 0.4) is 0 Å². The number of nitro groups is 1. The maximum atomic E-state index is 13.1. The fourth-order valence-corrected chi connectivity index (χ4v) is 5.51. The zero-order valence-corrected chi connectivity index (χ0v) is 17.0. The fourth-order valence-electron chi connectivity index (χ4n) is 3.90. The monoisotopic (exact) mass is 432 g/mol. The van der Waals surface area contributed by atoms with E-state index >= 15 is 0 Å². The number of imidazole rings is 1. The minimum atomic E-state index is -3.90. The van der Waals surface area contributed by atoms with Crippen LogP contribution in [0.25, 0.3) is 11.0 Å². The Morgan fingerprint density at radius 1 is 1.17 bits per heavy atom. The minimum Gasteiger partial charge on any atom is -0.495 e. The summed E-state index contributed by atoms with van der Waals surface area (Å²) in [6.45, 7) is 0.443. The SMILES string of the molecule is COc1cc([N+](=O)[O-])ccc1S(=O)(=O)N1CCC(n2c(=O)[nH]c3ccccc32)CC1. The van der Waals surface area contributed by atoms with Crippen molar-refractivity contribution in [3.05, 3.63) is 63.1 Å². The number of para-hydroxylation sites is 2. The van der Waals surface area contributed by atoms with E-state index in [1.165, 1.54) is 17.5 Å². The molecule has 4 rings (SSSR count). The van der Waals surface area contributed by atoms with Gasteiger partial charge in [0.25, 0.3) is 5.69 Å². The van der Waals surface area contributed by atoms with Gasteiger partial charge in [-0.05, 0) is 31.0 Å². The smallest absolute Gasteiger partial charge is 0.326 e. The molecule has 0 radical (unpaired) electrons. The summed E-state index contributed by atoms with van der Waals surface area (Å²) in [6, 6.07) is 10.7. The third kappa shape index (κ3) is 3.35. The van der Waals surface area contributed by atoms with Crippen LogP contribution in [0.5, 0.6) is 5.75 Å². The van der Waals surface area contributed by atoms with Crippen molar-refractivity contribution in [3.8, 4) is 5.75 Å². The molecule has 1 aromatic heterocycles. The van der Waals surface area contributed by atoms with Crippen LogP contribution in [0.2, 0.25) is 0 Å². The van der Waals surface area contributed by atoms with E-state index in [1.54, 1.807) is 4.57 Å². The number of rotatable bonds is 5. The highest BCUT2D eigenvalue weighted by Crippen LogP contribution is 2.33. The summed E-state index contributed by atoms with van der Waals surface area (Å²) in [6.07, 6.45) is 0.937. The number of sulfonamides is 1. The van der Waals surface area contributed by atoms with Gasteiger partial charge >= 0.3 is 5.69 Å². The molecule has 1 fully saturated rings. The van der Waals surface area contributed by atoms with Crippen LogP contribution in [0.15, 0.2) is 52.2 Å². The van der Waals surface area contributed by atoms with E-state index < -0.39 is 14.9 Å². The molecule has 0 aliphatic carbocycles. The first kappa shape index (κ1) is 20.1. The summed E-state index contributed by atoms with van der Waals surface area (Å²) in [5, 5.41) is 11.0. The molecule has 0 bridgehead atoms. The van der Waals surface area contributed by atoms with Gasteiger partial charge in [-0.3, -0.25) is 14.7 Å². The molecule has 0 amide bonds. The molecule has 1 N–H and O–H groups in total. The molecule has 0 atom stereocenters. The predicted octanol–water partition coefficient (Wildman–Crippen LogP) is 2.27. The standard InChI is InChI=1S/C19H20N4O6S/c1-29-17-12-14(23(25)26)6-7-18(17)30(27,28)21-10-8-13(9-11-21)22-16-5-3-2-4-15(16)20-19(22)24/h2-7,12-13H,8-11H2,1H3,(H,20,24). The van der Waals surface area contributed by atoms with Crippen LogP contribution < -0.4 is 10.4 Å². The molecular weight excluding hydrogens is 412 g/mol. The first-order valence-corrected chi connectivity index (χ1v) is 10.8. The number of hydrogen-bond donors (Lipinski definition) is 1. The van der Waals surface area contributed by atoms with E-state index in [2.05, 4.69) is 4.98 Å². The van der Waals surface area contributed by atoms with Gasteiger partial charge in [0.2, 0.25) is 10.0 Å². The molecule has 3 aromatic rings. The highest BCUT2D eigenvalue weighted by molar-refractivity contribution is 7.89. The Labute approximate surface area is 171 Å². The average Bonchev–Trinajstić information content (AvgIpc) is 3.08. The summed E-state index contributed by atoms with van der Waals surface area (Å²) in [5.74, 6) is -0.0702. The van der Waals surface area contributed by atoms with Crippen LogP contribution in [0.1, 0.15) is 18.9 Å². The zero-order chi connectivity index (χ0) is 21.5. The van der Waals surface area contributed by atoms with Crippen molar-refractivity contribution in [2.45, 2.75) is 23.8 Å². The second-order valence-corrected chi connectivity index (χ2v) is 8.95. The minimum absolute atomic E-state index is 0.0702. The van der Waals surface area contributed by atoms with Gasteiger partial charge < -0.3 is 9.72 Å². The Hall–Kier alpha value is -3.18. The molecule has 1 saturated heterocycles. The Morgan fingerprint density at radius 2 is 1.87 bits per heavy atom. The second-order valence-electron chi connectivity index (χ2n) is 7.04. The molecule has 2 aromatic carbocycles. The van der Waals surface area contributed by atoms with Gasteiger partial charge in [-0.1, -0.05) is 12.1 Å². The van der Waals surface area contributed by atoms with Gasteiger partial charge in [0.1, 0.15) is 10.6 Å². The predicted molar refractivity (Wildman–Crippen MR) is 109 cm³/mol. The average molecular weight is 432 g/mol. The lowest BCUT2D eigenvalue weighted by Crippen LogP contribution is -2.40. The number of hydrogen-bond acceptors (Lipinski definition) is 6. The normalized spacial score (nSPS) is 16.0. The molecule has 11 heteroatoms. The quantitative estimate of drug-likeness (QED) is 0.487. The number of ether oxygens (including phenoxy) is 1. The number of fused-ring (bicyclic) bond motifs is 1. The van der Waals surface area contributed by atoms with Crippen LogP contribution in [-0.2, 0) is 10.0 Å².